The first-order chi connectivity index (χ1) is 12.2. The fraction of sp³-hybridized carbons (Fsp3) is 0.350. The zero-order valence-corrected chi connectivity index (χ0v) is 15.6. The molecular formula is C20H25N3OS. The Morgan fingerprint density at radius 2 is 1.68 bits per heavy atom. The second-order valence-electron chi connectivity index (χ2n) is 6.33. The van der Waals surface area contributed by atoms with Crippen molar-refractivity contribution in [3.8, 4) is 5.75 Å². The molecule has 0 saturated carbocycles. The van der Waals surface area contributed by atoms with Crippen LogP contribution in [0.15, 0.2) is 48.5 Å². The van der Waals surface area contributed by atoms with Gasteiger partial charge in [0, 0.05) is 24.5 Å². The maximum Gasteiger partial charge on any atom is 0.171 e. The average molecular weight is 356 g/mol. The minimum atomic E-state index is 0.144. The number of nitrogens with one attached hydrogen (secondary N) is 2. The van der Waals surface area contributed by atoms with E-state index in [1.807, 2.05) is 24.3 Å². The number of ether oxygens (including phenoxy) is 1. The molecule has 5 heteroatoms. The standard InChI is InChI=1S/C20H25N3OS/c1-15(16-5-9-18(10-6-16)23-13-3-4-14-23)21-20(25)22-17-7-11-19(24-2)12-8-17/h5-12,15H,3-4,13-14H2,1-2H3,(H2,21,22,25)/t15-/m0/s1. The molecule has 2 N–H and O–H groups in total. The molecule has 0 aliphatic carbocycles. The Morgan fingerprint density at radius 1 is 1.04 bits per heavy atom. The Morgan fingerprint density at radius 3 is 2.28 bits per heavy atom. The largest absolute Gasteiger partial charge is 0.497 e. The van der Waals surface area contributed by atoms with Crippen LogP contribution in [0.3, 0.4) is 0 Å². The average Bonchev–Trinajstić information content (AvgIpc) is 3.17. The van der Waals surface area contributed by atoms with Gasteiger partial charge in [0.2, 0.25) is 0 Å². The summed E-state index contributed by atoms with van der Waals surface area (Å²) < 4.78 is 5.16. The minimum absolute atomic E-state index is 0.144. The lowest BCUT2D eigenvalue weighted by molar-refractivity contribution is 0.415. The third-order valence-corrected chi connectivity index (χ3v) is 4.78. The summed E-state index contributed by atoms with van der Waals surface area (Å²) in [5, 5.41) is 7.16. The molecule has 1 heterocycles. The summed E-state index contributed by atoms with van der Waals surface area (Å²) in [4.78, 5) is 2.44. The second kappa shape index (κ2) is 8.21. The first kappa shape index (κ1) is 17.5. The molecule has 132 valence electrons. The molecule has 25 heavy (non-hydrogen) atoms. The molecule has 0 aromatic heterocycles. The summed E-state index contributed by atoms with van der Waals surface area (Å²) in [6.07, 6.45) is 2.59. The molecule has 0 unspecified atom stereocenters. The highest BCUT2D eigenvalue weighted by Crippen LogP contribution is 2.23. The highest BCUT2D eigenvalue weighted by atomic mass is 32.1. The van der Waals surface area contributed by atoms with E-state index in [4.69, 9.17) is 17.0 Å². The molecule has 1 aliphatic heterocycles. The predicted molar refractivity (Wildman–Crippen MR) is 109 cm³/mol. The number of methoxy groups -OCH3 is 1. The molecule has 1 atom stereocenters. The van der Waals surface area contributed by atoms with Crippen LogP contribution in [0.1, 0.15) is 31.4 Å². The Balaban J connectivity index is 1.55. The third-order valence-electron chi connectivity index (χ3n) is 4.56. The smallest absolute Gasteiger partial charge is 0.171 e. The summed E-state index contributed by atoms with van der Waals surface area (Å²) in [7, 11) is 1.66. The monoisotopic (exact) mass is 355 g/mol. The van der Waals surface area contributed by atoms with E-state index in [0.717, 1.165) is 11.4 Å². The van der Waals surface area contributed by atoms with Gasteiger partial charge in [-0.25, -0.2) is 0 Å². The molecule has 1 saturated heterocycles. The first-order valence-electron chi connectivity index (χ1n) is 8.72. The summed E-state index contributed by atoms with van der Waals surface area (Å²) in [5.41, 5.74) is 3.48. The van der Waals surface area contributed by atoms with Crippen LogP contribution in [0.25, 0.3) is 0 Å². The number of hydrogen-bond acceptors (Lipinski definition) is 3. The van der Waals surface area contributed by atoms with Crippen molar-refractivity contribution in [2.24, 2.45) is 0 Å². The quantitative estimate of drug-likeness (QED) is 0.780. The molecule has 2 aromatic rings. The lowest BCUT2D eigenvalue weighted by Gasteiger charge is -2.20. The number of benzene rings is 2. The van der Waals surface area contributed by atoms with Gasteiger partial charge in [-0.1, -0.05) is 12.1 Å². The number of hydrogen-bond donors (Lipinski definition) is 2. The van der Waals surface area contributed by atoms with Crippen molar-refractivity contribution in [3.63, 3.8) is 0 Å². The predicted octanol–water partition coefficient (Wildman–Crippen LogP) is 4.34. The van der Waals surface area contributed by atoms with Crippen molar-refractivity contribution in [1.82, 2.24) is 5.32 Å². The topological polar surface area (TPSA) is 36.5 Å². The normalized spacial score (nSPS) is 14.9. The lowest BCUT2D eigenvalue weighted by atomic mass is 10.1. The number of nitrogens with zero attached hydrogens (tertiary/aromatic N) is 1. The highest BCUT2D eigenvalue weighted by Gasteiger charge is 2.13. The van der Waals surface area contributed by atoms with Gasteiger partial charge in [0.1, 0.15) is 5.75 Å². The molecule has 0 spiro atoms. The van der Waals surface area contributed by atoms with Gasteiger partial charge in [0.15, 0.2) is 5.11 Å². The summed E-state index contributed by atoms with van der Waals surface area (Å²) in [6.45, 7) is 4.46. The maximum absolute atomic E-state index is 5.42. The zero-order chi connectivity index (χ0) is 17.6. The van der Waals surface area contributed by atoms with Crippen molar-refractivity contribution >= 4 is 28.7 Å². The Kier molecular flexibility index (Phi) is 5.76. The molecule has 0 amide bonds. The van der Waals surface area contributed by atoms with E-state index in [1.165, 1.54) is 37.2 Å². The van der Waals surface area contributed by atoms with Crippen LogP contribution >= 0.6 is 12.2 Å². The van der Waals surface area contributed by atoms with Crippen molar-refractivity contribution in [2.75, 3.05) is 30.4 Å². The van der Waals surface area contributed by atoms with Gasteiger partial charge in [-0.2, -0.15) is 0 Å². The summed E-state index contributed by atoms with van der Waals surface area (Å²) in [5.74, 6) is 0.830. The van der Waals surface area contributed by atoms with Crippen LogP contribution in [0, 0.1) is 0 Å². The fourth-order valence-electron chi connectivity index (χ4n) is 3.07. The van der Waals surface area contributed by atoms with Crippen LogP contribution in [-0.4, -0.2) is 25.3 Å². The third kappa shape index (κ3) is 4.63. The van der Waals surface area contributed by atoms with Crippen LogP contribution in [0.5, 0.6) is 5.75 Å². The molecule has 0 bridgehead atoms. The van der Waals surface area contributed by atoms with Crippen LogP contribution in [0.2, 0.25) is 0 Å². The first-order valence-corrected chi connectivity index (χ1v) is 9.13. The Hall–Kier alpha value is -2.27. The molecule has 2 aromatic carbocycles. The Bertz CT molecular complexity index is 694. The molecule has 3 rings (SSSR count). The van der Waals surface area contributed by atoms with E-state index < -0.39 is 0 Å². The van der Waals surface area contributed by atoms with Gasteiger partial charge >= 0.3 is 0 Å². The van der Waals surface area contributed by atoms with Crippen LogP contribution in [0.4, 0.5) is 11.4 Å². The maximum atomic E-state index is 5.42. The van der Waals surface area contributed by atoms with E-state index in [2.05, 4.69) is 46.7 Å². The highest BCUT2D eigenvalue weighted by molar-refractivity contribution is 7.80. The van der Waals surface area contributed by atoms with Gasteiger partial charge in [0.25, 0.3) is 0 Å². The van der Waals surface area contributed by atoms with Crippen molar-refractivity contribution in [3.05, 3.63) is 54.1 Å². The van der Waals surface area contributed by atoms with E-state index in [1.54, 1.807) is 7.11 Å². The van der Waals surface area contributed by atoms with E-state index in [-0.39, 0.29) is 6.04 Å². The van der Waals surface area contributed by atoms with E-state index >= 15 is 0 Å². The number of thiocarbonyl (C=S) groups is 1. The fourth-order valence-corrected chi connectivity index (χ4v) is 3.37. The van der Waals surface area contributed by atoms with Crippen LogP contribution in [-0.2, 0) is 0 Å². The van der Waals surface area contributed by atoms with Crippen molar-refractivity contribution < 1.29 is 4.74 Å². The van der Waals surface area contributed by atoms with Crippen LogP contribution < -0.4 is 20.3 Å². The molecule has 1 aliphatic rings. The molecular weight excluding hydrogens is 330 g/mol. The summed E-state index contributed by atoms with van der Waals surface area (Å²) >= 11 is 5.42. The van der Waals surface area contributed by atoms with E-state index in [9.17, 15) is 0 Å². The SMILES string of the molecule is COc1ccc(NC(=S)N[C@@H](C)c2ccc(N3CCCC3)cc2)cc1. The molecule has 0 radical (unpaired) electrons. The number of rotatable bonds is 5. The second-order valence-corrected chi connectivity index (χ2v) is 6.74. The van der Waals surface area contributed by atoms with Gasteiger partial charge in [-0.05, 0) is 73.9 Å². The van der Waals surface area contributed by atoms with Gasteiger partial charge < -0.3 is 20.3 Å². The van der Waals surface area contributed by atoms with Gasteiger partial charge in [0.05, 0.1) is 13.2 Å². The zero-order valence-electron chi connectivity index (χ0n) is 14.8. The van der Waals surface area contributed by atoms with Crippen molar-refractivity contribution in [1.29, 1.82) is 0 Å². The minimum Gasteiger partial charge on any atom is -0.497 e. The molecule has 4 nitrogen and oxygen atoms in total. The number of anilines is 2. The molecule has 1 fully saturated rings. The van der Waals surface area contributed by atoms with Crippen molar-refractivity contribution in [2.45, 2.75) is 25.8 Å². The lowest BCUT2D eigenvalue weighted by Crippen LogP contribution is -2.30. The van der Waals surface area contributed by atoms with Gasteiger partial charge in [-0.15, -0.1) is 0 Å². The van der Waals surface area contributed by atoms with Gasteiger partial charge in [-0.3, -0.25) is 0 Å². The Labute approximate surface area is 155 Å². The summed E-state index contributed by atoms with van der Waals surface area (Å²) in [6, 6.07) is 16.6. The van der Waals surface area contributed by atoms with E-state index in [0.29, 0.717) is 5.11 Å².